The number of nitrogens with one attached hydrogen (secondary N) is 1. The van der Waals surface area contributed by atoms with Gasteiger partial charge in [-0.25, -0.2) is 4.79 Å². The van der Waals surface area contributed by atoms with Crippen molar-refractivity contribution in [3.8, 4) is 17.2 Å². The molecule has 1 amide bonds. The molecule has 0 bridgehead atoms. The first kappa shape index (κ1) is 22.7. The van der Waals surface area contributed by atoms with Crippen LogP contribution in [0.3, 0.4) is 0 Å². The Hall–Kier alpha value is -3.55. The van der Waals surface area contributed by atoms with Crippen LogP contribution in [-0.2, 0) is 14.3 Å². The molecule has 0 fully saturated rings. The van der Waals surface area contributed by atoms with Crippen molar-refractivity contribution in [3.63, 3.8) is 0 Å². The van der Waals surface area contributed by atoms with Crippen molar-refractivity contribution < 1.29 is 33.3 Å². The minimum absolute atomic E-state index is 0.0585. The van der Waals surface area contributed by atoms with E-state index in [2.05, 4.69) is 5.32 Å². The average molecular weight is 415 g/mol. The highest BCUT2D eigenvalue weighted by molar-refractivity contribution is 5.94. The Bertz CT molecular complexity index is 832. The van der Waals surface area contributed by atoms with Gasteiger partial charge in [0, 0.05) is 5.56 Å². The molecule has 0 spiro atoms. The van der Waals surface area contributed by atoms with Gasteiger partial charge in [0.1, 0.15) is 23.9 Å². The Balaban J connectivity index is 1.57. The van der Waals surface area contributed by atoms with Crippen molar-refractivity contribution in [1.82, 2.24) is 5.32 Å². The molecule has 160 valence electrons. The molecule has 0 radical (unpaired) electrons. The fraction of sp³-hybridized carbons (Fsp3) is 0.318. The van der Waals surface area contributed by atoms with E-state index in [0.29, 0.717) is 23.7 Å². The number of hydrogen-bond acceptors (Lipinski definition) is 7. The van der Waals surface area contributed by atoms with E-state index in [1.54, 1.807) is 48.5 Å². The van der Waals surface area contributed by atoms with Gasteiger partial charge < -0.3 is 24.3 Å². The van der Waals surface area contributed by atoms with Crippen molar-refractivity contribution in [2.75, 3.05) is 33.0 Å². The van der Waals surface area contributed by atoms with Gasteiger partial charge in [-0.3, -0.25) is 9.59 Å². The monoisotopic (exact) mass is 415 g/mol. The molecule has 30 heavy (non-hydrogen) atoms. The Labute approximate surface area is 175 Å². The van der Waals surface area contributed by atoms with Gasteiger partial charge in [0.25, 0.3) is 5.91 Å². The lowest BCUT2D eigenvalue weighted by molar-refractivity contribution is -0.150. The maximum atomic E-state index is 11.7. The summed E-state index contributed by atoms with van der Waals surface area (Å²) in [6.07, 6.45) is 0. The third kappa shape index (κ3) is 8.22. The Morgan fingerprint density at radius 2 is 1.37 bits per heavy atom. The van der Waals surface area contributed by atoms with Crippen molar-refractivity contribution in [2.45, 2.75) is 13.8 Å². The zero-order valence-corrected chi connectivity index (χ0v) is 17.0. The first-order chi connectivity index (χ1) is 14.5. The van der Waals surface area contributed by atoms with Crippen molar-refractivity contribution in [2.24, 2.45) is 0 Å². The van der Waals surface area contributed by atoms with Gasteiger partial charge >= 0.3 is 5.97 Å². The number of carbonyl (C=O) groups excluding carboxylic acids is 3. The number of amides is 1. The zero-order valence-electron chi connectivity index (χ0n) is 17.0. The first-order valence-corrected chi connectivity index (χ1v) is 9.49. The lowest BCUT2D eigenvalue weighted by Crippen LogP contribution is -2.32. The number of esters is 1. The molecule has 0 aromatic heterocycles. The highest BCUT2D eigenvalue weighted by Gasteiger charge is 2.09. The zero-order chi connectivity index (χ0) is 21.8. The quantitative estimate of drug-likeness (QED) is 0.323. The Kier molecular flexibility index (Phi) is 9.18. The summed E-state index contributed by atoms with van der Waals surface area (Å²) in [7, 11) is 0. The van der Waals surface area contributed by atoms with E-state index in [0.717, 1.165) is 5.75 Å². The van der Waals surface area contributed by atoms with Crippen LogP contribution in [0.1, 0.15) is 24.2 Å². The summed E-state index contributed by atoms with van der Waals surface area (Å²) in [6.45, 7) is 3.76. The topological polar surface area (TPSA) is 100 Å². The standard InChI is InChI=1S/C22H25NO7/c1-3-27-18-8-10-19(11-9-18)28-13-12-23-21(25)14-30-22(26)15-29-20-6-4-17(5-7-20)16(2)24/h4-11H,3,12-15H2,1-2H3,(H,23,25). The number of hydrogen-bond donors (Lipinski definition) is 1. The minimum atomic E-state index is -0.675. The molecule has 8 nitrogen and oxygen atoms in total. The fourth-order valence-corrected chi connectivity index (χ4v) is 2.32. The molecule has 2 aromatic rings. The average Bonchev–Trinajstić information content (AvgIpc) is 2.75. The molecule has 0 atom stereocenters. The summed E-state index contributed by atoms with van der Waals surface area (Å²) >= 11 is 0. The van der Waals surface area contributed by atoms with E-state index in [1.165, 1.54) is 6.92 Å². The maximum Gasteiger partial charge on any atom is 0.344 e. The van der Waals surface area contributed by atoms with Crippen LogP contribution < -0.4 is 19.5 Å². The summed E-state index contributed by atoms with van der Waals surface area (Å²) in [4.78, 5) is 34.6. The van der Waals surface area contributed by atoms with Crippen molar-refractivity contribution >= 4 is 17.7 Å². The molecule has 0 aliphatic rings. The van der Waals surface area contributed by atoms with E-state index < -0.39 is 18.5 Å². The lowest BCUT2D eigenvalue weighted by atomic mass is 10.1. The molecular formula is C22H25NO7. The van der Waals surface area contributed by atoms with Crippen LogP contribution in [0.15, 0.2) is 48.5 Å². The second-order valence-corrected chi connectivity index (χ2v) is 6.13. The van der Waals surface area contributed by atoms with Crippen LogP contribution in [0.2, 0.25) is 0 Å². The number of ether oxygens (including phenoxy) is 4. The van der Waals surface area contributed by atoms with Crippen LogP contribution in [0.25, 0.3) is 0 Å². The van der Waals surface area contributed by atoms with Crippen molar-refractivity contribution in [3.05, 3.63) is 54.1 Å². The molecule has 1 N–H and O–H groups in total. The smallest absolute Gasteiger partial charge is 0.344 e. The molecule has 0 aliphatic carbocycles. The molecule has 0 saturated carbocycles. The third-order valence-electron chi connectivity index (χ3n) is 3.81. The maximum absolute atomic E-state index is 11.7. The molecule has 8 heteroatoms. The van der Waals surface area contributed by atoms with Crippen LogP contribution in [0, 0.1) is 0 Å². The fourth-order valence-electron chi connectivity index (χ4n) is 2.32. The predicted molar refractivity (Wildman–Crippen MR) is 109 cm³/mol. The molecule has 2 aromatic carbocycles. The lowest BCUT2D eigenvalue weighted by Gasteiger charge is -2.09. The van der Waals surface area contributed by atoms with E-state index in [9.17, 15) is 14.4 Å². The summed E-state index contributed by atoms with van der Waals surface area (Å²) < 4.78 is 21.0. The van der Waals surface area contributed by atoms with E-state index in [-0.39, 0.29) is 25.5 Å². The number of Topliss-reactive ketones (excluding diaryl/α,β-unsaturated/α-hetero) is 1. The third-order valence-corrected chi connectivity index (χ3v) is 3.81. The Morgan fingerprint density at radius 3 is 1.97 bits per heavy atom. The molecular weight excluding hydrogens is 390 g/mol. The second-order valence-electron chi connectivity index (χ2n) is 6.13. The van der Waals surface area contributed by atoms with Gasteiger partial charge in [0.2, 0.25) is 0 Å². The molecule has 0 heterocycles. The Morgan fingerprint density at radius 1 is 0.800 bits per heavy atom. The van der Waals surface area contributed by atoms with Crippen molar-refractivity contribution in [1.29, 1.82) is 0 Å². The molecule has 0 saturated heterocycles. The minimum Gasteiger partial charge on any atom is -0.494 e. The van der Waals surface area contributed by atoms with E-state index in [1.807, 2.05) is 6.92 Å². The number of ketones is 1. The molecule has 0 aliphatic heterocycles. The predicted octanol–water partition coefficient (Wildman–Crippen LogP) is 2.41. The summed E-state index contributed by atoms with van der Waals surface area (Å²) in [5.74, 6) is 0.671. The van der Waals surface area contributed by atoms with E-state index in [4.69, 9.17) is 18.9 Å². The number of rotatable bonds is 12. The van der Waals surface area contributed by atoms with Crippen LogP contribution in [0.5, 0.6) is 17.2 Å². The van der Waals surface area contributed by atoms with Gasteiger partial charge in [-0.05, 0) is 62.4 Å². The largest absolute Gasteiger partial charge is 0.494 e. The van der Waals surface area contributed by atoms with Crippen LogP contribution in [0.4, 0.5) is 0 Å². The van der Waals surface area contributed by atoms with E-state index >= 15 is 0 Å². The SMILES string of the molecule is CCOc1ccc(OCCNC(=O)COC(=O)COc2ccc(C(C)=O)cc2)cc1. The van der Waals surface area contributed by atoms with Gasteiger partial charge in [-0.1, -0.05) is 0 Å². The molecule has 0 unspecified atom stereocenters. The summed E-state index contributed by atoms with van der Waals surface area (Å²) in [5, 5.41) is 2.59. The summed E-state index contributed by atoms with van der Waals surface area (Å²) in [5.41, 5.74) is 0.549. The normalized spacial score (nSPS) is 10.1. The first-order valence-electron chi connectivity index (χ1n) is 9.49. The molecule has 2 rings (SSSR count). The number of benzene rings is 2. The highest BCUT2D eigenvalue weighted by Crippen LogP contribution is 2.17. The van der Waals surface area contributed by atoms with Gasteiger partial charge in [0.15, 0.2) is 19.0 Å². The second kappa shape index (κ2) is 12.1. The van der Waals surface area contributed by atoms with Crippen LogP contribution in [-0.4, -0.2) is 50.6 Å². The van der Waals surface area contributed by atoms with Gasteiger partial charge in [0.05, 0.1) is 13.2 Å². The summed E-state index contributed by atoms with van der Waals surface area (Å²) in [6, 6.07) is 13.5. The van der Waals surface area contributed by atoms with Gasteiger partial charge in [-0.15, -0.1) is 0 Å². The van der Waals surface area contributed by atoms with Crippen LogP contribution >= 0.6 is 0 Å². The highest BCUT2D eigenvalue weighted by atomic mass is 16.6. The number of carbonyl (C=O) groups is 3. The van der Waals surface area contributed by atoms with Gasteiger partial charge in [-0.2, -0.15) is 0 Å².